The van der Waals surface area contributed by atoms with Crippen LogP contribution in [0.4, 0.5) is 0 Å². The summed E-state index contributed by atoms with van der Waals surface area (Å²) < 4.78 is 7.46. The van der Waals surface area contributed by atoms with E-state index in [-0.39, 0.29) is 6.61 Å². The number of hydrogen-bond donors (Lipinski definition) is 1. The Balaban J connectivity index is 1.65. The highest BCUT2D eigenvalue weighted by atomic mass is 16.5. The van der Waals surface area contributed by atoms with Crippen LogP contribution in [0.5, 0.6) is 0 Å². The summed E-state index contributed by atoms with van der Waals surface area (Å²) in [6.45, 7) is 8.72. The third kappa shape index (κ3) is 6.71. The number of aryl methyl sites for hydroxylation is 3. The summed E-state index contributed by atoms with van der Waals surface area (Å²) in [6.07, 6.45) is 6.65. The highest BCUT2D eigenvalue weighted by Gasteiger charge is 2.16. The largest absolute Gasteiger partial charge is 0.480 e. The first kappa shape index (κ1) is 26.3. The number of ether oxygens (including phenoxy) is 1. The van der Waals surface area contributed by atoms with Crippen LogP contribution < -0.4 is 0 Å². The Hall–Kier alpha value is -3.77. The molecule has 2 heterocycles. The van der Waals surface area contributed by atoms with E-state index in [0.29, 0.717) is 12.6 Å². The molecule has 0 spiro atoms. The molecule has 6 nitrogen and oxygen atoms in total. The fraction of sp³-hybridized carbons (Fsp3) is 0.323. The van der Waals surface area contributed by atoms with Crippen molar-refractivity contribution < 1.29 is 14.6 Å². The summed E-state index contributed by atoms with van der Waals surface area (Å²) >= 11 is 0. The molecule has 2 aromatic heterocycles. The standard InChI is InChI=1S/C31H35N3O3/c1-21(2)34-19-26(17-27(34)7-5-6-16-37-20-29(35)36)28-18-32-30(24-12-8-22(3)9-13-24)31(33-28)25-14-10-23(4)11-15-25/h8-15,17-19,21H,5-7,16,20H2,1-4H3,(H,35,36). The second kappa shape index (κ2) is 12.0. The smallest absolute Gasteiger partial charge is 0.329 e. The van der Waals surface area contributed by atoms with Gasteiger partial charge in [-0.25, -0.2) is 9.78 Å². The maximum atomic E-state index is 10.6. The zero-order chi connectivity index (χ0) is 26.4. The molecule has 0 radical (unpaired) electrons. The van der Waals surface area contributed by atoms with Gasteiger partial charge >= 0.3 is 5.97 Å². The van der Waals surface area contributed by atoms with Crippen molar-refractivity contribution in [2.75, 3.05) is 13.2 Å². The lowest BCUT2D eigenvalue weighted by Crippen LogP contribution is -2.08. The van der Waals surface area contributed by atoms with Crippen LogP contribution >= 0.6 is 0 Å². The molecule has 0 fully saturated rings. The van der Waals surface area contributed by atoms with Gasteiger partial charge in [-0.2, -0.15) is 0 Å². The van der Waals surface area contributed by atoms with Crippen molar-refractivity contribution in [1.29, 1.82) is 0 Å². The Morgan fingerprint density at radius 1 is 0.919 bits per heavy atom. The fourth-order valence-corrected chi connectivity index (χ4v) is 4.38. The first-order valence-corrected chi connectivity index (χ1v) is 12.8. The molecule has 4 rings (SSSR count). The summed E-state index contributed by atoms with van der Waals surface area (Å²) in [5, 5.41) is 8.71. The molecule has 0 aliphatic heterocycles. The highest BCUT2D eigenvalue weighted by Crippen LogP contribution is 2.32. The number of carboxylic acids is 1. The van der Waals surface area contributed by atoms with Gasteiger partial charge in [-0.1, -0.05) is 59.7 Å². The number of rotatable bonds is 11. The zero-order valence-electron chi connectivity index (χ0n) is 22.1. The fourth-order valence-electron chi connectivity index (χ4n) is 4.38. The number of benzene rings is 2. The van der Waals surface area contributed by atoms with Crippen molar-refractivity contribution in [3.8, 4) is 33.8 Å². The van der Waals surface area contributed by atoms with E-state index in [4.69, 9.17) is 19.8 Å². The molecular formula is C31H35N3O3. The lowest BCUT2D eigenvalue weighted by atomic mass is 10.0. The van der Waals surface area contributed by atoms with E-state index in [1.807, 2.05) is 6.20 Å². The minimum atomic E-state index is -0.933. The van der Waals surface area contributed by atoms with E-state index in [1.165, 1.54) is 16.8 Å². The highest BCUT2D eigenvalue weighted by molar-refractivity contribution is 5.80. The summed E-state index contributed by atoms with van der Waals surface area (Å²) in [6, 6.07) is 19.4. The van der Waals surface area contributed by atoms with Gasteiger partial charge in [-0.05, 0) is 53.0 Å². The molecule has 0 atom stereocenters. The first-order valence-electron chi connectivity index (χ1n) is 12.8. The van der Waals surface area contributed by atoms with Gasteiger partial charge in [0.25, 0.3) is 0 Å². The third-order valence-corrected chi connectivity index (χ3v) is 6.40. The lowest BCUT2D eigenvalue weighted by Gasteiger charge is -2.12. The Kier molecular flexibility index (Phi) is 8.51. The van der Waals surface area contributed by atoms with Crippen LogP contribution in [-0.4, -0.2) is 38.8 Å². The quantitative estimate of drug-likeness (QED) is 0.228. The summed E-state index contributed by atoms with van der Waals surface area (Å²) in [7, 11) is 0. The molecule has 0 bridgehead atoms. The van der Waals surface area contributed by atoms with Gasteiger partial charge in [0.2, 0.25) is 0 Å². The molecule has 0 saturated heterocycles. The van der Waals surface area contributed by atoms with Crippen molar-refractivity contribution in [3.63, 3.8) is 0 Å². The number of hydrogen-bond acceptors (Lipinski definition) is 4. The third-order valence-electron chi connectivity index (χ3n) is 6.40. The summed E-state index contributed by atoms with van der Waals surface area (Å²) in [5.41, 5.74) is 9.36. The molecule has 0 aliphatic carbocycles. The zero-order valence-corrected chi connectivity index (χ0v) is 22.1. The lowest BCUT2D eigenvalue weighted by molar-refractivity contribution is -0.142. The van der Waals surface area contributed by atoms with E-state index in [0.717, 1.165) is 53.0 Å². The van der Waals surface area contributed by atoms with Gasteiger partial charge < -0.3 is 14.4 Å². The average molecular weight is 498 g/mol. The molecular weight excluding hydrogens is 462 g/mol. The summed E-state index contributed by atoms with van der Waals surface area (Å²) in [4.78, 5) is 20.7. The van der Waals surface area contributed by atoms with E-state index in [1.54, 1.807) is 0 Å². The van der Waals surface area contributed by atoms with Crippen molar-refractivity contribution in [1.82, 2.24) is 14.5 Å². The van der Waals surface area contributed by atoms with Crippen LogP contribution in [0.2, 0.25) is 0 Å². The predicted octanol–water partition coefficient (Wildman–Crippen LogP) is 6.90. The minimum absolute atomic E-state index is 0.243. The first-order chi connectivity index (χ1) is 17.8. The summed E-state index contributed by atoms with van der Waals surface area (Å²) in [5.74, 6) is -0.933. The van der Waals surface area contributed by atoms with Crippen LogP contribution in [0.25, 0.3) is 33.8 Å². The van der Waals surface area contributed by atoms with Crippen LogP contribution in [0.15, 0.2) is 67.0 Å². The topological polar surface area (TPSA) is 77.2 Å². The van der Waals surface area contributed by atoms with Gasteiger partial charge in [0.15, 0.2) is 0 Å². The number of carbonyl (C=O) groups is 1. The Labute approximate surface area is 219 Å². The monoisotopic (exact) mass is 497 g/mol. The molecule has 192 valence electrons. The Morgan fingerprint density at radius 3 is 2.14 bits per heavy atom. The van der Waals surface area contributed by atoms with Gasteiger partial charge in [-0.3, -0.25) is 4.98 Å². The van der Waals surface area contributed by atoms with Gasteiger partial charge in [0, 0.05) is 41.2 Å². The second-order valence-electron chi connectivity index (χ2n) is 9.81. The maximum absolute atomic E-state index is 10.6. The van der Waals surface area contributed by atoms with Crippen LogP contribution in [0, 0.1) is 13.8 Å². The molecule has 1 N–H and O–H groups in total. The molecule has 6 heteroatoms. The maximum Gasteiger partial charge on any atom is 0.329 e. The normalized spacial score (nSPS) is 11.3. The van der Waals surface area contributed by atoms with E-state index < -0.39 is 5.97 Å². The van der Waals surface area contributed by atoms with E-state index in [2.05, 4.69) is 93.1 Å². The molecule has 0 unspecified atom stereocenters. The number of aliphatic carboxylic acids is 1. The van der Waals surface area contributed by atoms with Crippen molar-refractivity contribution in [2.45, 2.75) is 53.0 Å². The number of aromatic nitrogens is 3. The predicted molar refractivity (Wildman–Crippen MR) is 148 cm³/mol. The Morgan fingerprint density at radius 2 is 1.54 bits per heavy atom. The average Bonchev–Trinajstić information content (AvgIpc) is 3.31. The second-order valence-corrected chi connectivity index (χ2v) is 9.81. The molecule has 0 aliphatic rings. The van der Waals surface area contributed by atoms with Crippen molar-refractivity contribution in [2.24, 2.45) is 0 Å². The minimum Gasteiger partial charge on any atom is -0.480 e. The van der Waals surface area contributed by atoms with Crippen LogP contribution in [0.3, 0.4) is 0 Å². The molecule has 2 aromatic carbocycles. The van der Waals surface area contributed by atoms with Gasteiger partial charge in [0.05, 0.1) is 23.3 Å². The molecule has 37 heavy (non-hydrogen) atoms. The van der Waals surface area contributed by atoms with E-state index >= 15 is 0 Å². The van der Waals surface area contributed by atoms with Gasteiger partial charge in [0.1, 0.15) is 6.61 Å². The molecule has 0 saturated carbocycles. The number of carboxylic acid groups (broad SMARTS) is 1. The molecule has 0 amide bonds. The molecule has 4 aromatic rings. The SMILES string of the molecule is Cc1ccc(-c2ncc(-c3cc(CCCCOCC(=O)O)n(C(C)C)c3)nc2-c2ccc(C)cc2)cc1. The van der Waals surface area contributed by atoms with Crippen LogP contribution in [0.1, 0.15) is 49.6 Å². The van der Waals surface area contributed by atoms with E-state index in [9.17, 15) is 4.79 Å². The van der Waals surface area contributed by atoms with Crippen LogP contribution in [-0.2, 0) is 16.0 Å². The number of nitrogens with zero attached hydrogens (tertiary/aromatic N) is 3. The number of unbranched alkanes of at least 4 members (excludes halogenated alkanes) is 1. The van der Waals surface area contributed by atoms with Crippen molar-refractivity contribution >= 4 is 5.97 Å². The van der Waals surface area contributed by atoms with Crippen molar-refractivity contribution in [3.05, 3.63) is 83.8 Å². The Bertz CT molecular complexity index is 1340. The van der Waals surface area contributed by atoms with Gasteiger partial charge in [-0.15, -0.1) is 0 Å².